The molecule has 0 radical (unpaired) electrons. The molecule has 2 aromatic heterocycles. The van der Waals surface area contributed by atoms with Crippen LogP contribution in [0.5, 0.6) is 5.75 Å². The van der Waals surface area contributed by atoms with Gasteiger partial charge in [-0.25, -0.2) is 14.8 Å². The zero-order chi connectivity index (χ0) is 20.2. The monoisotopic (exact) mass is 427 g/mol. The summed E-state index contributed by atoms with van der Waals surface area (Å²) >= 11 is 3.08. The first-order valence-corrected chi connectivity index (χ1v) is 11.2. The molecular formula is C21H21N3O3S2. The second kappa shape index (κ2) is 8.84. The van der Waals surface area contributed by atoms with Gasteiger partial charge >= 0.3 is 5.97 Å². The number of hydrogen-bond donors (Lipinski definition) is 2. The summed E-state index contributed by atoms with van der Waals surface area (Å²) in [6.45, 7) is 3.00. The van der Waals surface area contributed by atoms with Gasteiger partial charge in [0.05, 0.1) is 17.2 Å². The topological polar surface area (TPSA) is 84.3 Å². The van der Waals surface area contributed by atoms with Crippen LogP contribution in [0.15, 0.2) is 41.6 Å². The average molecular weight is 428 g/mol. The number of rotatable bonds is 8. The first-order valence-electron chi connectivity index (χ1n) is 9.45. The highest BCUT2D eigenvalue weighted by molar-refractivity contribution is 7.99. The average Bonchev–Trinajstić information content (AvgIpc) is 3.35. The zero-order valence-corrected chi connectivity index (χ0v) is 17.6. The molecule has 0 aliphatic carbocycles. The number of aromatic nitrogens is 2. The van der Waals surface area contributed by atoms with Crippen LogP contribution in [0.25, 0.3) is 10.6 Å². The normalized spacial score (nSPS) is 12.6. The minimum atomic E-state index is -0.996. The summed E-state index contributed by atoms with van der Waals surface area (Å²) in [5.41, 5.74) is 3.45. The number of fused-ring (bicyclic) bond motifs is 1. The molecule has 0 fully saturated rings. The predicted molar refractivity (Wildman–Crippen MR) is 117 cm³/mol. The number of anilines is 1. The van der Waals surface area contributed by atoms with E-state index in [4.69, 9.17) is 4.74 Å². The van der Waals surface area contributed by atoms with Crippen molar-refractivity contribution in [2.45, 2.75) is 24.7 Å². The lowest BCUT2D eigenvalue weighted by Crippen LogP contribution is -2.07. The molecule has 3 aromatic rings. The van der Waals surface area contributed by atoms with Gasteiger partial charge in [0.15, 0.2) is 4.88 Å². The molecule has 6 nitrogen and oxygen atoms in total. The molecule has 29 heavy (non-hydrogen) atoms. The fourth-order valence-electron chi connectivity index (χ4n) is 3.23. The van der Waals surface area contributed by atoms with Crippen LogP contribution < -0.4 is 10.1 Å². The van der Waals surface area contributed by atoms with Gasteiger partial charge in [-0.05, 0) is 37.0 Å². The molecule has 1 aliphatic heterocycles. The summed E-state index contributed by atoms with van der Waals surface area (Å²) in [6.07, 6.45) is 3.55. The summed E-state index contributed by atoms with van der Waals surface area (Å²) < 4.78 is 5.45. The molecule has 8 heteroatoms. The van der Waals surface area contributed by atoms with Crippen LogP contribution in [-0.2, 0) is 12.8 Å². The summed E-state index contributed by atoms with van der Waals surface area (Å²) in [6, 6.07) is 10.3. The van der Waals surface area contributed by atoms with Gasteiger partial charge in [0.1, 0.15) is 17.9 Å². The molecule has 1 aromatic carbocycles. The lowest BCUT2D eigenvalue weighted by molar-refractivity contribution is 0.0698. The van der Waals surface area contributed by atoms with Crippen molar-refractivity contribution in [2.24, 2.45) is 0 Å². The maximum atomic E-state index is 11.4. The number of aromatic carboxylic acids is 1. The number of aryl methyl sites for hydroxylation is 1. The fraction of sp³-hybridized carbons (Fsp3) is 0.286. The number of nitrogens with one attached hydrogen (secondary N) is 1. The summed E-state index contributed by atoms with van der Waals surface area (Å²) in [7, 11) is 0. The number of ether oxygens (including phenoxy) is 1. The zero-order valence-electron chi connectivity index (χ0n) is 16.0. The van der Waals surface area contributed by atoms with E-state index in [1.54, 1.807) is 6.07 Å². The maximum absolute atomic E-state index is 11.4. The molecule has 3 heterocycles. The number of hydrogen-bond acceptors (Lipinski definition) is 7. The van der Waals surface area contributed by atoms with Crippen molar-refractivity contribution < 1.29 is 14.6 Å². The van der Waals surface area contributed by atoms with E-state index in [9.17, 15) is 9.90 Å². The Labute approximate surface area is 177 Å². The first kappa shape index (κ1) is 19.7. The minimum Gasteiger partial charge on any atom is -0.492 e. The predicted octanol–water partition coefficient (Wildman–Crippen LogP) is 4.60. The Balaban J connectivity index is 1.44. The van der Waals surface area contributed by atoms with E-state index in [1.807, 2.05) is 24.8 Å². The van der Waals surface area contributed by atoms with E-state index in [1.165, 1.54) is 28.1 Å². The van der Waals surface area contributed by atoms with Gasteiger partial charge in [0.25, 0.3) is 0 Å². The van der Waals surface area contributed by atoms with Crippen LogP contribution in [0.3, 0.4) is 0 Å². The third-order valence-electron chi connectivity index (χ3n) is 4.59. The Morgan fingerprint density at radius 1 is 1.28 bits per heavy atom. The fourth-order valence-corrected chi connectivity index (χ4v) is 5.19. The molecule has 0 amide bonds. The lowest BCUT2D eigenvalue weighted by Gasteiger charge is -2.08. The van der Waals surface area contributed by atoms with Crippen molar-refractivity contribution in [3.8, 4) is 16.3 Å². The molecule has 0 saturated carbocycles. The summed E-state index contributed by atoms with van der Waals surface area (Å²) in [5, 5.41) is 12.7. The highest BCUT2D eigenvalue weighted by Crippen LogP contribution is 2.36. The van der Waals surface area contributed by atoms with E-state index >= 15 is 0 Å². The Morgan fingerprint density at radius 3 is 3.00 bits per heavy atom. The Hall–Kier alpha value is -2.58. The number of nitrogens with zero attached hydrogens (tertiary/aromatic N) is 2. The van der Waals surface area contributed by atoms with Crippen molar-refractivity contribution in [2.75, 3.05) is 24.2 Å². The van der Waals surface area contributed by atoms with Crippen molar-refractivity contribution in [3.05, 3.63) is 52.7 Å². The molecule has 4 rings (SSSR count). The van der Waals surface area contributed by atoms with E-state index < -0.39 is 5.97 Å². The van der Waals surface area contributed by atoms with Gasteiger partial charge in [0, 0.05) is 29.3 Å². The van der Waals surface area contributed by atoms with E-state index in [0.29, 0.717) is 18.1 Å². The smallest absolute Gasteiger partial charge is 0.349 e. The minimum absolute atomic E-state index is 0.185. The number of carboxylic acid groups (broad SMARTS) is 1. The van der Waals surface area contributed by atoms with Crippen LogP contribution in [-0.4, -0.2) is 39.9 Å². The van der Waals surface area contributed by atoms with E-state index in [2.05, 4.69) is 33.5 Å². The Morgan fingerprint density at radius 2 is 2.17 bits per heavy atom. The van der Waals surface area contributed by atoms with E-state index in [0.717, 1.165) is 41.4 Å². The van der Waals surface area contributed by atoms with Gasteiger partial charge in [-0.1, -0.05) is 12.1 Å². The number of benzene rings is 1. The maximum Gasteiger partial charge on any atom is 0.349 e. The van der Waals surface area contributed by atoms with Crippen molar-refractivity contribution in [1.82, 2.24) is 9.97 Å². The molecule has 2 N–H and O–H groups in total. The SMILES string of the molecule is CCOc1cc(-c2cc(NCCc3ccc4c(c3)CCS4)ncn2)sc1C(=O)O. The number of thiophene rings is 1. The van der Waals surface area contributed by atoms with Crippen LogP contribution in [0.2, 0.25) is 0 Å². The molecule has 0 bridgehead atoms. The Kier molecular flexibility index (Phi) is 6.01. The molecule has 0 spiro atoms. The third-order valence-corrected chi connectivity index (χ3v) is 6.83. The number of carboxylic acids is 1. The second-order valence-electron chi connectivity index (χ2n) is 6.55. The largest absolute Gasteiger partial charge is 0.492 e. The van der Waals surface area contributed by atoms with Gasteiger partial charge < -0.3 is 15.2 Å². The van der Waals surface area contributed by atoms with Crippen LogP contribution >= 0.6 is 23.1 Å². The van der Waals surface area contributed by atoms with E-state index in [-0.39, 0.29) is 4.88 Å². The highest BCUT2D eigenvalue weighted by atomic mass is 32.2. The van der Waals surface area contributed by atoms with Gasteiger partial charge in [-0.15, -0.1) is 23.1 Å². The Bertz CT molecular complexity index is 1040. The second-order valence-corrected chi connectivity index (χ2v) is 8.74. The molecule has 1 aliphatic rings. The highest BCUT2D eigenvalue weighted by Gasteiger charge is 2.18. The molecule has 150 valence electrons. The van der Waals surface area contributed by atoms with Crippen LogP contribution in [0.1, 0.15) is 27.7 Å². The van der Waals surface area contributed by atoms with Gasteiger partial charge in [-0.2, -0.15) is 0 Å². The molecule has 0 atom stereocenters. The third kappa shape index (κ3) is 4.54. The van der Waals surface area contributed by atoms with Crippen molar-refractivity contribution in [3.63, 3.8) is 0 Å². The molecule has 0 unspecified atom stereocenters. The standard InChI is InChI=1S/C21H21N3O3S2/c1-2-27-16-11-18(29-20(16)21(25)26)15-10-19(24-12-23-15)22-7-5-13-3-4-17-14(9-13)6-8-28-17/h3-4,9-12H,2,5-8H2,1H3,(H,25,26)(H,22,23,24). The quantitative estimate of drug-likeness (QED) is 0.543. The van der Waals surface area contributed by atoms with Crippen LogP contribution in [0, 0.1) is 0 Å². The number of thioether (sulfide) groups is 1. The number of carbonyl (C=O) groups is 1. The van der Waals surface area contributed by atoms with Crippen molar-refractivity contribution in [1.29, 1.82) is 0 Å². The first-order chi connectivity index (χ1) is 14.1. The summed E-state index contributed by atoms with van der Waals surface area (Å²) in [4.78, 5) is 22.4. The van der Waals surface area contributed by atoms with Gasteiger partial charge in [-0.3, -0.25) is 0 Å². The van der Waals surface area contributed by atoms with Crippen LogP contribution in [0.4, 0.5) is 5.82 Å². The lowest BCUT2D eigenvalue weighted by atomic mass is 10.1. The summed E-state index contributed by atoms with van der Waals surface area (Å²) in [5.74, 6) is 1.28. The molecular weight excluding hydrogens is 406 g/mol. The van der Waals surface area contributed by atoms with Crippen molar-refractivity contribution >= 4 is 34.9 Å². The van der Waals surface area contributed by atoms with Gasteiger partial charge in [0.2, 0.25) is 0 Å². The molecule has 0 saturated heterocycles.